The lowest BCUT2D eigenvalue weighted by molar-refractivity contribution is 0.0453. The first-order valence-electron chi connectivity index (χ1n) is 7.12. The molecule has 0 amide bonds. The molecule has 0 radical (unpaired) electrons. The minimum absolute atomic E-state index is 0.0321. The minimum atomic E-state index is -0.687. The van der Waals surface area contributed by atoms with Crippen molar-refractivity contribution in [1.29, 1.82) is 0 Å². The van der Waals surface area contributed by atoms with Crippen LogP contribution in [0.25, 0.3) is 11.0 Å². The van der Waals surface area contributed by atoms with Gasteiger partial charge in [0.2, 0.25) is 0 Å². The second-order valence-electron chi connectivity index (χ2n) is 5.27. The molecule has 7 heteroatoms. The molecule has 2 aromatic heterocycles. The van der Waals surface area contributed by atoms with Gasteiger partial charge in [-0.3, -0.25) is 0 Å². The molecule has 0 aliphatic rings. The number of aliphatic hydroxyl groups excluding tert-OH is 2. The van der Waals surface area contributed by atoms with Crippen LogP contribution in [0, 0.1) is 5.92 Å². The van der Waals surface area contributed by atoms with Crippen molar-refractivity contribution in [2.75, 3.05) is 18.9 Å². The molecule has 0 saturated heterocycles. The van der Waals surface area contributed by atoms with E-state index in [1.54, 1.807) is 0 Å². The summed E-state index contributed by atoms with van der Waals surface area (Å²) >= 11 is 0. The molecule has 0 aliphatic carbocycles. The van der Waals surface area contributed by atoms with Gasteiger partial charge in [0.15, 0.2) is 5.82 Å². The van der Waals surface area contributed by atoms with Crippen LogP contribution in [0.5, 0.6) is 0 Å². The third kappa shape index (κ3) is 3.31. The van der Waals surface area contributed by atoms with Crippen molar-refractivity contribution >= 4 is 16.9 Å². The molecule has 2 rings (SSSR count). The number of nitrogens with two attached hydrogens (primary N) is 1. The third-order valence-electron chi connectivity index (χ3n) is 3.83. The summed E-state index contributed by atoms with van der Waals surface area (Å²) in [5.74, 6) is 0.501. The lowest BCUT2D eigenvalue weighted by Gasteiger charge is -2.20. The quantitative estimate of drug-likeness (QED) is 0.573. The first-order valence-corrected chi connectivity index (χ1v) is 7.12. The summed E-state index contributed by atoms with van der Waals surface area (Å²) in [5, 5.41) is 22.0. The second kappa shape index (κ2) is 6.84. The number of aromatic nitrogens is 3. The Hall–Kier alpha value is -1.70. The fourth-order valence-corrected chi connectivity index (χ4v) is 2.56. The number of nitrogen functional groups attached to an aromatic ring is 1. The maximum absolute atomic E-state index is 9.70. The SMILES string of the molecule is CCC(CNCc1cn(C)c2c(N)ncnc12)[C@@H](O)CO. The Balaban J connectivity index is 2.06. The predicted octanol–water partition coefficient (Wildman–Crippen LogP) is 0.0195. The number of aliphatic hydroxyl groups is 2. The average Bonchev–Trinajstić information content (AvgIpc) is 2.80. The van der Waals surface area contributed by atoms with Crippen LogP contribution in [-0.2, 0) is 13.6 Å². The van der Waals surface area contributed by atoms with Gasteiger partial charge in [0.05, 0.1) is 18.2 Å². The smallest absolute Gasteiger partial charge is 0.151 e. The standard InChI is InChI=1S/C14H23N5O2/c1-3-9(11(21)7-20)4-16-5-10-6-19(2)13-12(10)17-8-18-14(13)15/h6,8-9,11,16,20-21H,3-5,7H2,1-2H3,(H2,15,17,18)/t9?,11-/m0/s1. The van der Waals surface area contributed by atoms with E-state index in [0.717, 1.165) is 23.0 Å². The summed E-state index contributed by atoms with van der Waals surface area (Å²) in [6, 6.07) is 0. The molecule has 0 spiro atoms. The van der Waals surface area contributed by atoms with Crippen molar-refractivity contribution in [3.05, 3.63) is 18.1 Å². The van der Waals surface area contributed by atoms with Gasteiger partial charge >= 0.3 is 0 Å². The van der Waals surface area contributed by atoms with Gasteiger partial charge in [0.1, 0.15) is 11.8 Å². The summed E-state index contributed by atoms with van der Waals surface area (Å²) in [6.45, 7) is 3.05. The molecular weight excluding hydrogens is 270 g/mol. The minimum Gasteiger partial charge on any atom is -0.394 e. The molecule has 2 aromatic rings. The number of fused-ring (bicyclic) bond motifs is 1. The number of anilines is 1. The lowest BCUT2D eigenvalue weighted by atomic mass is 10.00. The molecule has 0 bridgehead atoms. The third-order valence-corrected chi connectivity index (χ3v) is 3.83. The normalized spacial score (nSPS) is 14.5. The van der Waals surface area contributed by atoms with Crippen LogP contribution in [-0.4, -0.2) is 44.0 Å². The van der Waals surface area contributed by atoms with Crippen LogP contribution in [0.2, 0.25) is 0 Å². The molecule has 2 heterocycles. The van der Waals surface area contributed by atoms with E-state index in [9.17, 15) is 5.11 Å². The van der Waals surface area contributed by atoms with Crippen molar-refractivity contribution in [3.63, 3.8) is 0 Å². The highest BCUT2D eigenvalue weighted by Crippen LogP contribution is 2.21. The van der Waals surface area contributed by atoms with Crippen LogP contribution in [0.15, 0.2) is 12.5 Å². The first-order chi connectivity index (χ1) is 10.1. The molecule has 116 valence electrons. The highest BCUT2D eigenvalue weighted by molar-refractivity contribution is 5.87. The highest BCUT2D eigenvalue weighted by Gasteiger charge is 2.16. The number of hydrogen-bond acceptors (Lipinski definition) is 6. The summed E-state index contributed by atoms with van der Waals surface area (Å²) in [7, 11) is 1.91. The highest BCUT2D eigenvalue weighted by atomic mass is 16.3. The summed E-state index contributed by atoms with van der Waals surface area (Å²) in [5.41, 5.74) is 8.58. The van der Waals surface area contributed by atoms with Crippen LogP contribution >= 0.6 is 0 Å². The van der Waals surface area contributed by atoms with E-state index in [-0.39, 0.29) is 12.5 Å². The molecule has 2 atom stereocenters. The van der Waals surface area contributed by atoms with E-state index in [2.05, 4.69) is 15.3 Å². The topological polar surface area (TPSA) is 109 Å². The molecule has 0 fully saturated rings. The largest absolute Gasteiger partial charge is 0.394 e. The van der Waals surface area contributed by atoms with Gasteiger partial charge in [-0.15, -0.1) is 0 Å². The zero-order valence-electron chi connectivity index (χ0n) is 12.5. The zero-order valence-corrected chi connectivity index (χ0v) is 12.5. The van der Waals surface area contributed by atoms with Gasteiger partial charge in [0, 0.05) is 31.9 Å². The average molecular weight is 293 g/mol. The Bertz CT molecular complexity index is 598. The van der Waals surface area contributed by atoms with Gasteiger partial charge in [0.25, 0.3) is 0 Å². The number of hydrogen-bond donors (Lipinski definition) is 4. The summed E-state index contributed by atoms with van der Waals surface area (Å²) < 4.78 is 1.92. The van der Waals surface area contributed by atoms with Crippen molar-refractivity contribution in [2.45, 2.75) is 26.0 Å². The van der Waals surface area contributed by atoms with E-state index < -0.39 is 6.10 Å². The molecule has 0 saturated carbocycles. The van der Waals surface area contributed by atoms with Gasteiger partial charge < -0.3 is 25.8 Å². The Labute approximate surface area is 123 Å². The zero-order chi connectivity index (χ0) is 15.4. The first kappa shape index (κ1) is 15.7. The second-order valence-corrected chi connectivity index (χ2v) is 5.27. The van der Waals surface area contributed by atoms with Crippen molar-refractivity contribution in [3.8, 4) is 0 Å². The van der Waals surface area contributed by atoms with Crippen molar-refractivity contribution in [1.82, 2.24) is 19.9 Å². The number of nitrogens with one attached hydrogen (secondary N) is 1. The number of aryl methyl sites for hydroxylation is 1. The maximum Gasteiger partial charge on any atom is 0.151 e. The molecule has 5 N–H and O–H groups in total. The van der Waals surface area contributed by atoms with Gasteiger partial charge in [-0.2, -0.15) is 0 Å². The molecule has 0 aliphatic heterocycles. The summed E-state index contributed by atoms with van der Waals surface area (Å²) in [4.78, 5) is 8.29. The van der Waals surface area contributed by atoms with Crippen molar-refractivity contribution in [2.24, 2.45) is 13.0 Å². The Morgan fingerprint density at radius 2 is 2.19 bits per heavy atom. The molecule has 7 nitrogen and oxygen atoms in total. The van der Waals surface area contributed by atoms with E-state index >= 15 is 0 Å². The Morgan fingerprint density at radius 3 is 2.86 bits per heavy atom. The van der Waals surface area contributed by atoms with E-state index in [0.29, 0.717) is 18.9 Å². The molecule has 0 aromatic carbocycles. The predicted molar refractivity (Wildman–Crippen MR) is 81.5 cm³/mol. The number of rotatable bonds is 7. The van der Waals surface area contributed by atoms with Crippen LogP contribution in [0.3, 0.4) is 0 Å². The fraction of sp³-hybridized carbons (Fsp3) is 0.571. The van der Waals surface area contributed by atoms with Crippen LogP contribution < -0.4 is 11.1 Å². The summed E-state index contributed by atoms with van der Waals surface area (Å²) in [6.07, 6.45) is 3.56. The van der Waals surface area contributed by atoms with Gasteiger partial charge in [-0.1, -0.05) is 6.92 Å². The monoisotopic (exact) mass is 293 g/mol. The molecule has 21 heavy (non-hydrogen) atoms. The Morgan fingerprint density at radius 1 is 1.43 bits per heavy atom. The van der Waals surface area contributed by atoms with E-state index in [1.165, 1.54) is 6.33 Å². The molecular formula is C14H23N5O2. The fourth-order valence-electron chi connectivity index (χ4n) is 2.56. The van der Waals surface area contributed by atoms with E-state index in [4.69, 9.17) is 10.8 Å². The maximum atomic E-state index is 9.70. The lowest BCUT2D eigenvalue weighted by Crippen LogP contribution is -2.33. The van der Waals surface area contributed by atoms with Crippen molar-refractivity contribution < 1.29 is 10.2 Å². The van der Waals surface area contributed by atoms with Gasteiger partial charge in [-0.05, 0) is 12.3 Å². The van der Waals surface area contributed by atoms with E-state index in [1.807, 2.05) is 24.7 Å². The number of nitrogens with zero attached hydrogens (tertiary/aromatic N) is 3. The van der Waals surface area contributed by atoms with Gasteiger partial charge in [-0.25, -0.2) is 9.97 Å². The molecule has 1 unspecified atom stereocenters. The van der Waals surface area contributed by atoms with Crippen LogP contribution in [0.1, 0.15) is 18.9 Å². The Kier molecular flexibility index (Phi) is 5.11. The van der Waals surface area contributed by atoms with Crippen LogP contribution in [0.4, 0.5) is 5.82 Å².